The molecule has 0 atom stereocenters. The fourth-order valence-electron chi connectivity index (χ4n) is 2.47. The van der Waals surface area contributed by atoms with Crippen LogP contribution in [0.1, 0.15) is 32.8 Å². The first-order chi connectivity index (χ1) is 9.26. The number of hydrogen-bond donors (Lipinski definition) is 1. The standard InChI is InChI=1S/C16H29N3/c1-4-18(5-2)12-9-13-19(6-3)16-11-8-7-10-15(16)14-17/h7-8,10-11H,4-6,9,12-14,17H2,1-3H3. The zero-order valence-corrected chi connectivity index (χ0v) is 12.7. The van der Waals surface area contributed by atoms with Crippen molar-refractivity contribution in [2.24, 2.45) is 5.73 Å². The van der Waals surface area contributed by atoms with Gasteiger partial charge in [-0.05, 0) is 44.6 Å². The summed E-state index contributed by atoms with van der Waals surface area (Å²) in [4.78, 5) is 4.91. The Morgan fingerprint density at radius 1 is 0.947 bits per heavy atom. The first-order valence-electron chi connectivity index (χ1n) is 7.52. The lowest BCUT2D eigenvalue weighted by Crippen LogP contribution is -2.30. The molecule has 0 aliphatic carbocycles. The lowest BCUT2D eigenvalue weighted by atomic mass is 10.1. The smallest absolute Gasteiger partial charge is 0.0411 e. The van der Waals surface area contributed by atoms with E-state index >= 15 is 0 Å². The molecule has 0 aliphatic rings. The molecule has 0 unspecified atom stereocenters. The summed E-state index contributed by atoms with van der Waals surface area (Å²) in [6, 6.07) is 8.47. The lowest BCUT2D eigenvalue weighted by molar-refractivity contribution is 0.300. The second-order valence-corrected chi connectivity index (χ2v) is 4.79. The van der Waals surface area contributed by atoms with Crippen LogP contribution in [0.4, 0.5) is 5.69 Å². The largest absolute Gasteiger partial charge is 0.372 e. The van der Waals surface area contributed by atoms with Crippen molar-refractivity contribution in [1.82, 2.24) is 4.90 Å². The number of para-hydroxylation sites is 1. The van der Waals surface area contributed by atoms with Gasteiger partial charge < -0.3 is 15.5 Å². The molecule has 0 spiro atoms. The highest BCUT2D eigenvalue weighted by atomic mass is 15.1. The fourth-order valence-corrected chi connectivity index (χ4v) is 2.47. The molecule has 0 amide bonds. The molecule has 2 N–H and O–H groups in total. The van der Waals surface area contributed by atoms with Crippen molar-refractivity contribution in [1.29, 1.82) is 0 Å². The van der Waals surface area contributed by atoms with E-state index in [1.54, 1.807) is 0 Å². The summed E-state index contributed by atoms with van der Waals surface area (Å²) in [5.41, 5.74) is 8.37. The highest BCUT2D eigenvalue weighted by molar-refractivity contribution is 5.53. The first kappa shape index (κ1) is 16.0. The van der Waals surface area contributed by atoms with E-state index in [9.17, 15) is 0 Å². The third-order valence-electron chi connectivity index (χ3n) is 3.73. The van der Waals surface area contributed by atoms with Crippen molar-refractivity contribution >= 4 is 5.69 Å². The predicted octanol–water partition coefficient (Wildman–Crippen LogP) is 2.70. The molecule has 19 heavy (non-hydrogen) atoms. The number of nitrogens with two attached hydrogens (primary N) is 1. The summed E-state index contributed by atoms with van der Waals surface area (Å²) in [7, 11) is 0. The monoisotopic (exact) mass is 263 g/mol. The van der Waals surface area contributed by atoms with E-state index in [-0.39, 0.29) is 0 Å². The second kappa shape index (κ2) is 8.94. The maximum atomic E-state index is 5.83. The van der Waals surface area contributed by atoms with Gasteiger partial charge in [0.1, 0.15) is 0 Å². The van der Waals surface area contributed by atoms with Crippen molar-refractivity contribution < 1.29 is 0 Å². The van der Waals surface area contributed by atoms with Crippen LogP contribution in [0.25, 0.3) is 0 Å². The number of benzene rings is 1. The zero-order valence-electron chi connectivity index (χ0n) is 12.7. The highest BCUT2D eigenvalue weighted by Crippen LogP contribution is 2.19. The van der Waals surface area contributed by atoms with Crippen LogP contribution in [0, 0.1) is 0 Å². The van der Waals surface area contributed by atoms with Crippen LogP contribution in [-0.4, -0.2) is 37.6 Å². The summed E-state index contributed by atoms with van der Waals surface area (Å²) < 4.78 is 0. The third kappa shape index (κ3) is 4.84. The molecule has 3 heteroatoms. The molecule has 0 aliphatic heterocycles. The SMILES string of the molecule is CCN(CC)CCCN(CC)c1ccccc1CN. The van der Waals surface area contributed by atoms with Gasteiger partial charge in [-0.3, -0.25) is 0 Å². The van der Waals surface area contributed by atoms with Crippen molar-refractivity contribution in [3.63, 3.8) is 0 Å². The topological polar surface area (TPSA) is 32.5 Å². The Balaban J connectivity index is 2.58. The first-order valence-corrected chi connectivity index (χ1v) is 7.52. The van der Waals surface area contributed by atoms with Gasteiger partial charge >= 0.3 is 0 Å². The van der Waals surface area contributed by atoms with Gasteiger partial charge in [0.25, 0.3) is 0 Å². The van der Waals surface area contributed by atoms with Gasteiger partial charge in [-0.1, -0.05) is 32.0 Å². The molecule has 0 fully saturated rings. The van der Waals surface area contributed by atoms with Crippen LogP contribution in [-0.2, 0) is 6.54 Å². The number of rotatable bonds is 9. The maximum absolute atomic E-state index is 5.83. The molecule has 0 saturated carbocycles. The van der Waals surface area contributed by atoms with Crippen LogP contribution in [0.3, 0.4) is 0 Å². The Hall–Kier alpha value is -1.06. The minimum atomic E-state index is 0.614. The summed E-state index contributed by atoms with van der Waals surface area (Å²) in [5, 5.41) is 0. The molecule has 3 nitrogen and oxygen atoms in total. The molecule has 108 valence electrons. The molecule has 0 bridgehead atoms. The van der Waals surface area contributed by atoms with Crippen molar-refractivity contribution in [2.45, 2.75) is 33.7 Å². The molecule has 1 aromatic carbocycles. The second-order valence-electron chi connectivity index (χ2n) is 4.79. The third-order valence-corrected chi connectivity index (χ3v) is 3.73. The predicted molar refractivity (Wildman–Crippen MR) is 84.6 cm³/mol. The Morgan fingerprint density at radius 3 is 2.21 bits per heavy atom. The molecule has 0 heterocycles. The van der Waals surface area contributed by atoms with E-state index in [2.05, 4.69) is 54.8 Å². The summed E-state index contributed by atoms with van der Waals surface area (Å²) in [6.45, 7) is 12.9. The molecular formula is C16H29N3. The Morgan fingerprint density at radius 2 is 1.63 bits per heavy atom. The summed E-state index contributed by atoms with van der Waals surface area (Å²) >= 11 is 0. The van der Waals surface area contributed by atoms with Gasteiger partial charge in [-0.2, -0.15) is 0 Å². The van der Waals surface area contributed by atoms with E-state index in [1.165, 1.54) is 24.2 Å². The Kier molecular flexibility index (Phi) is 7.53. The van der Waals surface area contributed by atoms with Gasteiger partial charge in [-0.25, -0.2) is 0 Å². The van der Waals surface area contributed by atoms with Gasteiger partial charge in [0.05, 0.1) is 0 Å². The van der Waals surface area contributed by atoms with Gasteiger partial charge in [0.2, 0.25) is 0 Å². The van der Waals surface area contributed by atoms with E-state index in [0.29, 0.717) is 6.54 Å². The molecule has 1 aromatic rings. The molecule has 0 radical (unpaired) electrons. The van der Waals surface area contributed by atoms with Gasteiger partial charge in [0, 0.05) is 25.3 Å². The van der Waals surface area contributed by atoms with Gasteiger partial charge in [0.15, 0.2) is 0 Å². The van der Waals surface area contributed by atoms with E-state index in [1.807, 2.05) is 0 Å². The Bertz CT molecular complexity index is 348. The number of hydrogen-bond acceptors (Lipinski definition) is 3. The Labute approximate surface area is 118 Å². The van der Waals surface area contributed by atoms with Crippen LogP contribution in [0.5, 0.6) is 0 Å². The number of anilines is 1. The normalized spacial score (nSPS) is 11.0. The van der Waals surface area contributed by atoms with E-state index in [4.69, 9.17) is 5.73 Å². The fraction of sp³-hybridized carbons (Fsp3) is 0.625. The quantitative estimate of drug-likeness (QED) is 0.743. The number of nitrogens with zero attached hydrogens (tertiary/aromatic N) is 2. The maximum Gasteiger partial charge on any atom is 0.0411 e. The minimum absolute atomic E-state index is 0.614. The van der Waals surface area contributed by atoms with E-state index < -0.39 is 0 Å². The summed E-state index contributed by atoms with van der Waals surface area (Å²) in [5.74, 6) is 0. The summed E-state index contributed by atoms with van der Waals surface area (Å²) in [6.07, 6.45) is 1.20. The van der Waals surface area contributed by atoms with Crippen molar-refractivity contribution in [3.8, 4) is 0 Å². The molecular weight excluding hydrogens is 234 g/mol. The molecule has 0 aromatic heterocycles. The van der Waals surface area contributed by atoms with Crippen molar-refractivity contribution in [2.75, 3.05) is 37.6 Å². The molecule has 1 rings (SSSR count). The van der Waals surface area contributed by atoms with Gasteiger partial charge in [-0.15, -0.1) is 0 Å². The highest BCUT2D eigenvalue weighted by Gasteiger charge is 2.08. The van der Waals surface area contributed by atoms with Crippen molar-refractivity contribution in [3.05, 3.63) is 29.8 Å². The minimum Gasteiger partial charge on any atom is -0.372 e. The average molecular weight is 263 g/mol. The van der Waals surface area contributed by atoms with Crippen LogP contribution < -0.4 is 10.6 Å². The molecule has 0 saturated heterocycles. The van der Waals surface area contributed by atoms with Crippen LogP contribution in [0.15, 0.2) is 24.3 Å². The lowest BCUT2D eigenvalue weighted by Gasteiger charge is -2.27. The zero-order chi connectivity index (χ0) is 14.1. The van der Waals surface area contributed by atoms with Crippen LogP contribution >= 0.6 is 0 Å². The van der Waals surface area contributed by atoms with Crippen LogP contribution in [0.2, 0.25) is 0 Å². The average Bonchev–Trinajstić information content (AvgIpc) is 2.48. The van der Waals surface area contributed by atoms with E-state index in [0.717, 1.165) is 26.2 Å².